The molecule has 0 aliphatic rings. The average molecular weight is 452 g/mol. The molecule has 2 amide bonds. The monoisotopic (exact) mass is 451 g/mol. The van der Waals surface area contributed by atoms with Gasteiger partial charge in [-0.05, 0) is 61.0 Å². The number of nitrogens with one attached hydrogen (secondary N) is 2. The lowest BCUT2D eigenvalue weighted by Crippen LogP contribution is -2.42. The minimum absolute atomic E-state index is 0.0509. The molecule has 0 fully saturated rings. The number of rotatable bonds is 6. The Morgan fingerprint density at radius 3 is 2.41 bits per heavy atom. The number of benzene rings is 2. The molecule has 10 heteroatoms. The lowest BCUT2D eigenvalue weighted by Gasteiger charge is -2.09. The summed E-state index contributed by atoms with van der Waals surface area (Å²) in [4.78, 5) is 24.5. The molecule has 4 aromatic rings. The van der Waals surface area contributed by atoms with Crippen LogP contribution in [0.4, 0.5) is 0 Å². The smallest absolute Gasteiger partial charge is 0.269 e. The van der Waals surface area contributed by atoms with Crippen LogP contribution >= 0.6 is 11.8 Å². The predicted octanol–water partition coefficient (Wildman–Crippen LogP) is 2.76. The molecule has 2 heterocycles. The molecule has 2 aromatic carbocycles. The molecule has 0 bridgehead atoms. The second-order valence-corrected chi connectivity index (χ2v) is 7.86. The Bertz CT molecular complexity index is 1300. The van der Waals surface area contributed by atoms with Crippen LogP contribution < -0.4 is 20.3 Å². The first-order chi connectivity index (χ1) is 15.5. The summed E-state index contributed by atoms with van der Waals surface area (Å²) in [6.45, 7) is 1.96. The fourth-order valence-electron chi connectivity index (χ4n) is 3.22. The van der Waals surface area contributed by atoms with Gasteiger partial charge in [0, 0.05) is 10.9 Å². The van der Waals surface area contributed by atoms with Crippen LogP contribution in [0.2, 0.25) is 0 Å². The van der Waals surface area contributed by atoms with Gasteiger partial charge in [0.15, 0.2) is 10.8 Å². The van der Waals surface area contributed by atoms with Gasteiger partial charge in [-0.1, -0.05) is 11.8 Å². The Morgan fingerprint density at radius 2 is 1.69 bits per heavy atom. The molecule has 2 N–H and O–H groups in total. The van der Waals surface area contributed by atoms with Crippen LogP contribution in [0.5, 0.6) is 11.5 Å². The Hall–Kier alpha value is -3.79. The molecule has 0 saturated carbocycles. The fourth-order valence-corrected chi connectivity index (χ4v) is 3.96. The van der Waals surface area contributed by atoms with E-state index in [0.29, 0.717) is 16.5 Å². The van der Waals surface area contributed by atoms with E-state index in [4.69, 9.17) is 9.47 Å². The lowest BCUT2D eigenvalue weighted by atomic mass is 10.1. The summed E-state index contributed by atoms with van der Waals surface area (Å²) >= 11 is 1.23. The third-order valence-corrected chi connectivity index (χ3v) is 5.76. The highest BCUT2D eigenvalue weighted by atomic mass is 32.2. The van der Waals surface area contributed by atoms with Crippen LogP contribution in [0.1, 0.15) is 15.9 Å². The third kappa shape index (κ3) is 4.30. The number of methoxy groups -OCH3 is 2. The van der Waals surface area contributed by atoms with Crippen molar-refractivity contribution in [2.75, 3.05) is 20.0 Å². The van der Waals surface area contributed by atoms with Crippen molar-refractivity contribution in [1.29, 1.82) is 0 Å². The maximum atomic E-state index is 12.3. The number of hydrazine groups is 1. The highest BCUT2D eigenvalue weighted by Crippen LogP contribution is 2.28. The number of carbonyl (C=O) groups excluding carboxylic acids is 2. The maximum absolute atomic E-state index is 12.3. The van der Waals surface area contributed by atoms with Crippen molar-refractivity contribution in [2.24, 2.45) is 0 Å². The number of fused-ring (bicyclic) bond motifs is 3. The van der Waals surface area contributed by atoms with Gasteiger partial charge >= 0.3 is 0 Å². The van der Waals surface area contributed by atoms with Gasteiger partial charge in [-0.15, -0.1) is 10.2 Å². The van der Waals surface area contributed by atoms with Crippen molar-refractivity contribution in [1.82, 2.24) is 25.4 Å². The SMILES string of the molecule is COc1ccc(C(=O)NNC(=O)CSc2nnc3c(C)cc4cc(OC)ccc4n23)cc1. The number of ether oxygens (including phenoxy) is 2. The molecule has 0 aliphatic heterocycles. The number of pyridine rings is 1. The summed E-state index contributed by atoms with van der Waals surface area (Å²) in [5, 5.41) is 10.1. The van der Waals surface area contributed by atoms with Crippen molar-refractivity contribution in [3.63, 3.8) is 0 Å². The number of carbonyl (C=O) groups is 2. The standard InChI is InChI=1S/C22H21N5O4S/c1-13-10-15-11-17(31-3)8-9-18(15)27-20(13)24-26-22(27)32-12-19(28)23-25-21(29)14-4-6-16(30-2)7-5-14/h4-11H,12H2,1-3H3,(H,23,28)(H,25,29). The number of thioether (sulfide) groups is 1. The first-order valence-electron chi connectivity index (χ1n) is 9.68. The normalized spacial score (nSPS) is 10.8. The minimum Gasteiger partial charge on any atom is -0.497 e. The van der Waals surface area contributed by atoms with Crippen LogP contribution in [0.3, 0.4) is 0 Å². The van der Waals surface area contributed by atoms with E-state index >= 15 is 0 Å². The minimum atomic E-state index is -0.422. The largest absolute Gasteiger partial charge is 0.497 e. The number of hydrogen-bond donors (Lipinski definition) is 2. The second-order valence-electron chi connectivity index (χ2n) is 6.91. The molecular formula is C22H21N5O4S. The lowest BCUT2D eigenvalue weighted by molar-refractivity contribution is -0.119. The number of amides is 2. The van der Waals surface area contributed by atoms with E-state index in [1.54, 1.807) is 38.5 Å². The molecular weight excluding hydrogens is 430 g/mol. The van der Waals surface area contributed by atoms with E-state index in [1.165, 1.54) is 11.8 Å². The van der Waals surface area contributed by atoms with Gasteiger partial charge in [0.2, 0.25) is 5.91 Å². The Morgan fingerprint density at radius 1 is 0.969 bits per heavy atom. The molecule has 9 nitrogen and oxygen atoms in total. The molecule has 0 aliphatic carbocycles. The maximum Gasteiger partial charge on any atom is 0.269 e. The topological polar surface area (TPSA) is 107 Å². The highest BCUT2D eigenvalue weighted by Gasteiger charge is 2.15. The Kier molecular flexibility index (Phi) is 6.13. The molecule has 4 rings (SSSR count). The van der Waals surface area contributed by atoms with Gasteiger partial charge in [0.25, 0.3) is 5.91 Å². The van der Waals surface area contributed by atoms with Gasteiger partial charge in [0.05, 0.1) is 25.5 Å². The van der Waals surface area contributed by atoms with Crippen molar-refractivity contribution in [3.8, 4) is 11.5 Å². The van der Waals surface area contributed by atoms with Crippen molar-refractivity contribution < 1.29 is 19.1 Å². The summed E-state index contributed by atoms with van der Waals surface area (Å²) in [6, 6.07) is 14.3. The number of aromatic nitrogens is 3. The molecule has 0 unspecified atom stereocenters. The summed E-state index contributed by atoms with van der Waals surface area (Å²) < 4.78 is 12.3. The van der Waals surface area contributed by atoms with Crippen molar-refractivity contribution in [3.05, 3.63) is 59.7 Å². The molecule has 0 atom stereocenters. The summed E-state index contributed by atoms with van der Waals surface area (Å²) in [5.74, 6) is 0.658. The summed E-state index contributed by atoms with van der Waals surface area (Å²) in [7, 11) is 3.17. The molecule has 0 radical (unpaired) electrons. The molecule has 164 valence electrons. The van der Waals surface area contributed by atoms with Crippen LogP contribution in [0.25, 0.3) is 16.6 Å². The molecule has 0 saturated heterocycles. The zero-order valence-corrected chi connectivity index (χ0v) is 18.5. The van der Waals surface area contributed by atoms with Crippen molar-refractivity contribution >= 4 is 40.1 Å². The number of nitrogens with zero attached hydrogens (tertiary/aromatic N) is 3. The quantitative estimate of drug-likeness (QED) is 0.343. The Balaban J connectivity index is 1.44. The van der Waals surface area contributed by atoms with Gasteiger partial charge in [-0.2, -0.15) is 0 Å². The van der Waals surface area contributed by atoms with Gasteiger partial charge < -0.3 is 9.47 Å². The first-order valence-corrected chi connectivity index (χ1v) is 10.7. The number of aryl methyl sites for hydroxylation is 1. The summed E-state index contributed by atoms with van der Waals surface area (Å²) in [6.07, 6.45) is 0. The van der Waals surface area contributed by atoms with E-state index in [-0.39, 0.29) is 11.7 Å². The highest BCUT2D eigenvalue weighted by molar-refractivity contribution is 7.99. The van der Waals surface area contributed by atoms with E-state index in [0.717, 1.165) is 27.9 Å². The van der Waals surface area contributed by atoms with Crippen LogP contribution in [-0.4, -0.2) is 46.4 Å². The van der Waals surface area contributed by atoms with Crippen LogP contribution in [0.15, 0.2) is 53.7 Å². The first kappa shape index (κ1) is 21.4. The van der Waals surface area contributed by atoms with Gasteiger partial charge in [-0.25, -0.2) is 0 Å². The predicted molar refractivity (Wildman–Crippen MR) is 121 cm³/mol. The Labute approximate surface area is 188 Å². The average Bonchev–Trinajstić information content (AvgIpc) is 3.25. The molecule has 0 spiro atoms. The van der Waals surface area contributed by atoms with E-state index < -0.39 is 5.91 Å². The van der Waals surface area contributed by atoms with E-state index in [2.05, 4.69) is 21.0 Å². The van der Waals surface area contributed by atoms with Crippen LogP contribution in [-0.2, 0) is 4.79 Å². The van der Waals surface area contributed by atoms with Gasteiger partial charge in [-0.3, -0.25) is 24.8 Å². The van der Waals surface area contributed by atoms with E-state index in [9.17, 15) is 9.59 Å². The third-order valence-electron chi connectivity index (χ3n) is 4.83. The van der Waals surface area contributed by atoms with Crippen molar-refractivity contribution in [2.45, 2.75) is 12.1 Å². The zero-order chi connectivity index (χ0) is 22.7. The number of hydrogen-bond acceptors (Lipinski definition) is 7. The van der Waals surface area contributed by atoms with Gasteiger partial charge in [0.1, 0.15) is 11.5 Å². The summed E-state index contributed by atoms with van der Waals surface area (Å²) in [5.41, 5.74) is 7.82. The second kappa shape index (κ2) is 9.15. The fraction of sp³-hybridized carbons (Fsp3) is 0.182. The van der Waals surface area contributed by atoms with Crippen LogP contribution in [0, 0.1) is 6.92 Å². The molecule has 2 aromatic heterocycles. The zero-order valence-electron chi connectivity index (χ0n) is 17.7. The molecule has 32 heavy (non-hydrogen) atoms. The van der Waals surface area contributed by atoms with E-state index in [1.807, 2.05) is 35.6 Å².